The molecular weight excluding hydrogens is 258 g/mol. The minimum atomic E-state index is 0.220. The van der Waals surface area contributed by atoms with E-state index in [1.54, 1.807) is 11.8 Å². The molecule has 1 N–H and O–H groups in total. The fourth-order valence-electron chi connectivity index (χ4n) is 2.32. The third-order valence-electron chi connectivity index (χ3n) is 3.95. The number of aromatic nitrogens is 4. The summed E-state index contributed by atoms with van der Waals surface area (Å²) >= 11 is 1.76. The Labute approximate surface area is 119 Å². The van der Waals surface area contributed by atoms with Gasteiger partial charge in [0.1, 0.15) is 0 Å². The van der Waals surface area contributed by atoms with E-state index >= 15 is 0 Å². The molecule has 0 aromatic carbocycles. The lowest BCUT2D eigenvalue weighted by molar-refractivity contribution is 0.388. The molecule has 2 rings (SSSR count). The van der Waals surface area contributed by atoms with Gasteiger partial charge in [-0.2, -0.15) is 0 Å². The van der Waals surface area contributed by atoms with E-state index in [1.807, 2.05) is 4.68 Å². The van der Waals surface area contributed by atoms with Crippen LogP contribution in [0.2, 0.25) is 0 Å². The van der Waals surface area contributed by atoms with Crippen molar-refractivity contribution in [3.8, 4) is 0 Å². The second-order valence-electron chi connectivity index (χ2n) is 5.86. The highest BCUT2D eigenvalue weighted by molar-refractivity contribution is 7.99. The van der Waals surface area contributed by atoms with Gasteiger partial charge in [-0.25, -0.2) is 4.68 Å². The average Bonchev–Trinajstić information content (AvgIpc) is 3.05. The largest absolute Gasteiger partial charge is 0.311 e. The molecule has 0 spiro atoms. The van der Waals surface area contributed by atoms with E-state index in [2.05, 4.69) is 41.6 Å². The Balaban J connectivity index is 1.78. The van der Waals surface area contributed by atoms with Gasteiger partial charge in [0, 0.05) is 17.8 Å². The molecule has 1 aliphatic rings. The molecule has 1 aliphatic carbocycles. The van der Waals surface area contributed by atoms with Gasteiger partial charge < -0.3 is 5.32 Å². The third kappa shape index (κ3) is 4.18. The maximum atomic E-state index is 4.16. The molecule has 1 heterocycles. The lowest BCUT2D eigenvalue weighted by Gasteiger charge is -2.24. The van der Waals surface area contributed by atoms with Gasteiger partial charge in [-0.1, -0.05) is 31.5 Å². The third-order valence-corrected chi connectivity index (χ3v) is 4.89. The van der Waals surface area contributed by atoms with Crippen LogP contribution in [0.25, 0.3) is 0 Å². The molecule has 0 saturated heterocycles. The zero-order valence-electron chi connectivity index (χ0n) is 12.2. The maximum Gasteiger partial charge on any atom is 0.209 e. The van der Waals surface area contributed by atoms with Crippen molar-refractivity contribution in [1.29, 1.82) is 0 Å². The molecule has 6 heteroatoms. The molecule has 0 bridgehead atoms. The monoisotopic (exact) mass is 283 g/mol. The van der Waals surface area contributed by atoms with Crippen LogP contribution in [-0.2, 0) is 0 Å². The zero-order chi connectivity index (χ0) is 13.7. The quantitative estimate of drug-likeness (QED) is 0.616. The van der Waals surface area contributed by atoms with Gasteiger partial charge in [-0.3, -0.25) is 0 Å². The molecule has 1 saturated carbocycles. The number of tetrazole rings is 1. The smallest absolute Gasteiger partial charge is 0.209 e. The Morgan fingerprint density at radius 2 is 2.11 bits per heavy atom. The highest BCUT2D eigenvalue weighted by Gasteiger charge is 2.21. The predicted octanol–water partition coefficient (Wildman–Crippen LogP) is 2.66. The van der Waals surface area contributed by atoms with Crippen LogP contribution in [0.1, 0.15) is 58.9 Å². The summed E-state index contributed by atoms with van der Waals surface area (Å²) < 4.78 is 2.03. The summed E-state index contributed by atoms with van der Waals surface area (Å²) in [5.74, 6) is 1.01. The SMILES string of the molecule is CCC(C)(C)NCCSc1nnnn1C1CCCC1. The van der Waals surface area contributed by atoms with Crippen molar-refractivity contribution in [1.82, 2.24) is 25.5 Å². The van der Waals surface area contributed by atoms with Gasteiger partial charge in [-0.15, -0.1) is 5.10 Å². The van der Waals surface area contributed by atoms with Crippen LogP contribution >= 0.6 is 11.8 Å². The van der Waals surface area contributed by atoms with E-state index in [9.17, 15) is 0 Å². The fourth-order valence-corrected chi connectivity index (χ4v) is 3.11. The van der Waals surface area contributed by atoms with Crippen LogP contribution in [-0.4, -0.2) is 38.0 Å². The van der Waals surface area contributed by atoms with Crippen molar-refractivity contribution < 1.29 is 0 Å². The van der Waals surface area contributed by atoms with Crippen LogP contribution in [0.15, 0.2) is 5.16 Å². The Kier molecular flexibility index (Phi) is 5.21. The van der Waals surface area contributed by atoms with Crippen molar-refractivity contribution in [3.05, 3.63) is 0 Å². The van der Waals surface area contributed by atoms with E-state index in [1.165, 1.54) is 25.7 Å². The van der Waals surface area contributed by atoms with Crippen molar-refractivity contribution in [3.63, 3.8) is 0 Å². The predicted molar refractivity (Wildman–Crippen MR) is 78.4 cm³/mol. The molecule has 1 aromatic rings. The summed E-state index contributed by atoms with van der Waals surface area (Å²) in [4.78, 5) is 0. The van der Waals surface area contributed by atoms with Crippen molar-refractivity contribution in [2.45, 2.75) is 69.6 Å². The lowest BCUT2D eigenvalue weighted by Crippen LogP contribution is -2.39. The molecule has 0 amide bonds. The number of hydrogen-bond acceptors (Lipinski definition) is 5. The van der Waals surface area contributed by atoms with E-state index in [0.29, 0.717) is 6.04 Å². The number of nitrogens with one attached hydrogen (secondary N) is 1. The highest BCUT2D eigenvalue weighted by Crippen LogP contribution is 2.31. The summed E-state index contributed by atoms with van der Waals surface area (Å²) in [6.45, 7) is 7.67. The fraction of sp³-hybridized carbons (Fsp3) is 0.923. The summed E-state index contributed by atoms with van der Waals surface area (Å²) in [6, 6.07) is 0.526. The summed E-state index contributed by atoms with van der Waals surface area (Å²) in [7, 11) is 0. The standard InChI is InChI=1S/C13H25N5S/c1-4-13(2,3)14-9-10-19-12-15-16-17-18(12)11-7-5-6-8-11/h11,14H,4-10H2,1-3H3. The first kappa shape index (κ1) is 14.8. The minimum Gasteiger partial charge on any atom is -0.311 e. The second kappa shape index (κ2) is 6.70. The first-order valence-corrected chi connectivity index (χ1v) is 8.26. The number of rotatable bonds is 7. The number of nitrogens with zero attached hydrogens (tertiary/aromatic N) is 4. The molecule has 0 unspecified atom stereocenters. The number of thioether (sulfide) groups is 1. The van der Waals surface area contributed by atoms with Gasteiger partial charge >= 0.3 is 0 Å². The molecule has 5 nitrogen and oxygen atoms in total. The van der Waals surface area contributed by atoms with Crippen LogP contribution < -0.4 is 5.32 Å². The summed E-state index contributed by atoms with van der Waals surface area (Å²) in [5, 5.41) is 16.7. The lowest BCUT2D eigenvalue weighted by atomic mass is 10.0. The first-order valence-electron chi connectivity index (χ1n) is 7.28. The Hall–Kier alpha value is -0.620. The minimum absolute atomic E-state index is 0.220. The Bertz CT molecular complexity index is 384. The number of hydrogen-bond donors (Lipinski definition) is 1. The normalized spacial score (nSPS) is 17.2. The van der Waals surface area contributed by atoms with E-state index < -0.39 is 0 Å². The van der Waals surface area contributed by atoms with Crippen LogP contribution in [0.5, 0.6) is 0 Å². The van der Waals surface area contributed by atoms with Gasteiger partial charge in [0.25, 0.3) is 0 Å². The van der Waals surface area contributed by atoms with Crippen LogP contribution in [0.4, 0.5) is 0 Å². The molecular formula is C13H25N5S. The Morgan fingerprint density at radius 3 is 2.79 bits per heavy atom. The molecule has 1 fully saturated rings. The van der Waals surface area contributed by atoms with Crippen molar-refractivity contribution in [2.75, 3.05) is 12.3 Å². The Morgan fingerprint density at radius 1 is 1.37 bits per heavy atom. The molecule has 19 heavy (non-hydrogen) atoms. The molecule has 108 valence electrons. The summed E-state index contributed by atoms with van der Waals surface area (Å²) in [5.41, 5.74) is 0.220. The van der Waals surface area contributed by atoms with E-state index in [4.69, 9.17) is 0 Å². The molecule has 0 aliphatic heterocycles. The molecule has 0 atom stereocenters. The summed E-state index contributed by atoms with van der Waals surface area (Å²) in [6.07, 6.45) is 6.19. The van der Waals surface area contributed by atoms with E-state index in [0.717, 1.165) is 23.9 Å². The molecule has 0 radical (unpaired) electrons. The van der Waals surface area contributed by atoms with E-state index in [-0.39, 0.29) is 5.54 Å². The van der Waals surface area contributed by atoms with Gasteiger partial charge in [0.2, 0.25) is 5.16 Å². The molecule has 1 aromatic heterocycles. The maximum absolute atomic E-state index is 4.16. The zero-order valence-corrected chi connectivity index (χ0v) is 13.0. The highest BCUT2D eigenvalue weighted by atomic mass is 32.2. The van der Waals surface area contributed by atoms with Gasteiger partial charge in [-0.05, 0) is 43.5 Å². The van der Waals surface area contributed by atoms with Gasteiger partial charge in [0.05, 0.1) is 6.04 Å². The van der Waals surface area contributed by atoms with Crippen molar-refractivity contribution >= 4 is 11.8 Å². The van der Waals surface area contributed by atoms with Gasteiger partial charge in [0.15, 0.2) is 0 Å². The first-order chi connectivity index (χ1) is 9.12. The van der Waals surface area contributed by atoms with Crippen LogP contribution in [0.3, 0.4) is 0 Å². The average molecular weight is 283 g/mol. The van der Waals surface area contributed by atoms with Crippen molar-refractivity contribution in [2.24, 2.45) is 0 Å². The van der Waals surface area contributed by atoms with Crippen LogP contribution in [0, 0.1) is 0 Å². The topological polar surface area (TPSA) is 55.6 Å². The second-order valence-corrected chi connectivity index (χ2v) is 6.92.